The average Bonchev–Trinajstić information content (AvgIpc) is 3.39. The van der Waals surface area contributed by atoms with Gasteiger partial charge in [-0.25, -0.2) is 4.98 Å². The van der Waals surface area contributed by atoms with Crippen LogP contribution in [0.4, 0.5) is 0 Å². The molecule has 0 saturated carbocycles. The van der Waals surface area contributed by atoms with Gasteiger partial charge in [0.25, 0.3) is 0 Å². The van der Waals surface area contributed by atoms with Crippen LogP contribution in [0, 0.1) is 13.8 Å². The Hall–Kier alpha value is -3.63. The number of H-pyrrole nitrogens is 1. The van der Waals surface area contributed by atoms with Gasteiger partial charge >= 0.3 is 0 Å². The van der Waals surface area contributed by atoms with E-state index in [-0.39, 0.29) is 0 Å². The van der Waals surface area contributed by atoms with Crippen molar-refractivity contribution in [2.45, 2.75) is 26.6 Å². The van der Waals surface area contributed by atoms with Crippen molar-refractivity contribution >= 4 is 29.3 Å². The molecule has 0 spiro atoms. The van der Waals surface area contributed by atoms with Crippen LogP contribution in [0.3, 0.4) is 0 Å². The first kappa shape index (κ1) is 26.4. The van der Waals surface area contributed by atoms with E-state index in [1.54, 1.807) is 0 Å². The monoisotopic (exact) mass is 544 g/mol. The van der Waals surface area contributed by atoms with Gasteiger partial charge in [0, 0.05) is 10.9 Å². The SMILES string of the molecule is Brc1ccc(Cc2ncc(-c3ccccc3)[nH]2)cc1.[B]CC=C(c1ccccc1C)c1ccccc1C. The van der Waals surface area contributed by atoms with Gasteiger partial charge in [-0.05, 0) is 64.9 Å². The molecular formula is C33H30BBrN2. The highest BCUT2D eigenvalue weighted by Crippen LogP contribution is 2.28. The highest BCUT2D eigenvalue weighted by molar-refractivity contribution is 9.10. The van der Waals surface area contributed by atoms with Crippen molar-refractivity contribution in [2.24, 2.45) is 0 Å². The summed E-state index contributed by atoms with van der Waals surface area (Å²) in [5, 5.41) is 0. The van der Waals surface area contributed by atoms with Crippen LogP contribution in [0.1, 0.15) is 33.6 Å². The second-order valence-electron chi connectivity index (χ2n) is 8.90. The normalized spacial score (nSPS) is 10.4. The third-order valence-corrected chi connectivity index (χ3v) is 6.72. The fraction of sp³-hybridized carbons (Fsp3) is 0.121. The lowest BCUT2D eigenvalue weighted by atomic mass is 9.89. The number of aryl methyl sites for hydroxylation is 2. The zero-order valence-corrected chi connectivity index (χ0v) is 22.9. The molecule has 0 unspecified atom stereocenters. The lowest BCUT2D eigenvalue weighted by Crippen LogP contribution is -1.94. The molecule has 37 heavy (non-hydrogen) atoms. The number of nitrogens with one attached hydrogen (secondary N) is 1. The predicted molar refractivity (Wildman–Crippen MR) is 161 cm³/mol. The fourth-order valence-corrected chi connectivity index (χ4v) is 4.51. The summed E-state index contributed by atoms with van der Waals surface area (Å²) in [5.41, 5.74) is 9.78. The maximum atomic E-state index is 5.73. The van der Waals surface area contributed by atoms with Crippen molar-refractivity contribution in [1.82, 2.24) is 9.97 Å². The number of hydrogen-bond donors (Lipinski definition) is 1. The van der Waals surface area contributed by atoms with Crippen molar-refractivity contribution in [1.29, 1.82) is 0 Å². The largest absolute Gasteiger partial charge is 0.342 e. The minimum Gasteiger partial charge on any atom is -0.342 e. The molecule has 0 saturated heterocycles. The van der Waals surface area contributed by atoms with Gasteiger partial charge in [0.05, 0.1) is 19.7 Å². The summed E-state index contributed by atoms with van der Waals surface area (Å²) in [7, 11) is 5.73. The number of halogens is 1. The smallest absolute Gasteiger partial charge is 0.110 e. The van der Waals surface area contributed by atoms with Crippen LogP contribution in [-0.4, -0.2) is 17.8 Å². The van der Waals surface area contributed by atoms with E-state index in [1.807, 2.05) is 24.4 Å². The highest BCUT2D eigenvalue weighted by atomic mass is 79.9. The molecule has 0 aliphatic rings. The van der Waals surface area contributed by atoms with Crippen LogP contribution in [0.15, 0.2) is 120 Å². The van der Waals surface area contributed by atoms with Gasteiger partial charge < -0.3 is 4.98 Å². The molecule has 5 rings (SSSR count). The lowest BCUT2D eigenvalue weighted by molar-refractivity contribution is 1.03. The molecule has 1 aromatic heterocycles. The number of nitrogens with zero attached hydrogens (tertiary/aromatic N) is 1. The summed E-state index contributed by atoms with van der Waals surface area (Å²) in [6.45, 7) is 4.27. The van der Waals surface area contributed by atoms with Crippen LogP contribution < -0.4 is 0 Å². The number of imidazole rings is 1. The first-order chi connectivity index (χ1) is 18.0. The van der Waals surface area contributed by atoms with E-state index in [9.17, 15) is 0 Å². The minimum atomic E-state index is 0.554. The van der Waals surface area contributed by atoms with Crippen molar-refractivity contribution in [2.75, 3.05) is 0 Å². The van der Waals surface area contributed by atoms with Crippen LogP contribution in [0.5, 0.6) is 0 Å². The van der Waals surface area contributed by atoms with Gasteiger partial charge in [0.1, 0.15) is 5.82 Å². The Kier molecular flexibility index (Phi) is 9.34. The van der Waals surface area contributed by atoms with Gasteiger partial charge in [-0.3, -0.25) is 0 Å². The third kappa shape index (κ3) is 7.21. The molecule has 0 fully saturated rings. The number of aromatic nitrogens is 2. The second kappa shape index (κ2) is 13.1. The van der Waals surface area contributed by atoms with E-state index in [0.717, 1.165) is 28.0 Å². The number of allylic oxidation sites excluding steroid dienone is 1. The first-order valence-electron chi connectivity index (χ1n) is 12.4. The summed E-state index contributed by atoms with van der Waals surface area (Å²) >= 11 is 3.44. The molecule has 1 N–H and O–H groups in total. The predicted octanol–water partition coefficient (Wildman–Crippen LogP) is 8.75. The van der Waals surface area contributed by atoms with E-state index in [1.165, 1.54) is 33.4 Å². The molecule has 4 heteroatoms. The lowest BCUT2D eigenvalue weighted by Gasteiger charge is -2.13. The number of rotatable bonds is 6. The zero-order chi connectivity index (χ0) is 26.0. The van der Waals surface area contributed by atoms with Gasteiger partial charge in [0.2, 0.25) is 0 Å². The van der Waals surface area contributed by atoms with Crippen LogP contribution in [0.2, 0.25) is 6.32 Å². The molecule has 2 radical (unpaired) electrons. The van der Waals surface area contributed by atoms with Crippen LogP contribution >= 0.6 is 15.9 Å². The van der Waals surface area contributed by atoms with Gasteiger partial charge in [-0.15, -0.1) is 0 Å². The molecule has 0 aliphatic heterocycles. The summed E-state index contributed by atoms with van der Waals surface area (Å²) in [6.07, 6.45) is 5.37. The van der Waals surface area contributed by atoms with Crippen LogP contribution in [-0.2, 0) is 6.42 Å². The Morgan fingerprint density at radius 3 is 1.92 bits per heavy atom. The minimum absolute atomic E-state index is 0.554. The van der Waals surface area contributed by atoms with Crippen molar-refractivity contribution < 1.29 is 0 Å². The zero-order valence-electron chi connectivity index (χ0n) is 21.3. The Bertz CT molecular complexity index is 1410. The Balaban J connectivity index is 0.000000173. The maximum absolute atomic E-state index is 5.73. The van der Waals surface area contributed by atoms with Crippen molar-refractivity contribution in [3.05, 3.63) is 154 Å². The van der Waals surface area contributed by atoms with E-state index in [2.05, 4.69) is 131 Å². The van der Waals surface area contributed by atoms with Crippen molar-refractivity contribution in [3.8, 4) is 11.3 Å². The number of benzene rings is 4. The molecule has 0 atom stereocenters. The Morgan fingerprint density at radius 2 is 1.35 bits per heavy atom. The van der Waals surface area contributed by atoms with E-state index >= 15 is 0 Å². The first-order valence-corrected chi connectivity index (χ1v) is 13.2. The standard InChI is InChI=1S/C17H17B.C16H13BrN2/c1-13-7-3-5-9-15(13)17(11-12-18)16-10-6-4-8-14(16)2;17-14-8-6-12(7-9-14)10-16-18-11-15(19-16)13-4-2-1-3-5-13/h3-11H,12H2,1-2H3;1-9,11H,10H2,(H,18,19). The molecule has 5 aromatic rings. The van der Waals surface area contributed by atoms with Gasteiger partial charge in [0.15, 0.2) is 0 Å². The topological polar surface area (TPSA) is 28.7 Å². The molecule has 0 amide bonds. The Morgan fingerprint density at radius 1 is 0.784 bits per heavy atom. The quantitative estimate of drug-likeness (QED) is 0.213. The number of aromatic amines is 1. The molecule has 2 nitrogen and oxygen atoms in total. The Labute approximate surface area is 230 Å². The van der Waals surface area contributed by atoms with Gasteiger partial charge in [-0.2, -0.15) is 0 Å². The third-order valence-electron chi connectivity index (χ3n) is 6.19. The fourth-order valence-electron chi connectivity index (χ4n) is 4.25. The molecule has 4 aromatic carbocycles. The summed E-state index contributed by atoms with van der Waals surface area (Å²) in [6, 6.07) is 35.4. The summed E-state index contributed by atoms with van der Waals surface area (Å²) in [5.74, 6) is 0.987. The molecular weight excluding hydrogens is 515 g/mol. The van der Waals surface area contributed by atoms with Crippen molar-refractivity contribution in [3.63, 3.8) is 0 Å². The van der Waals surface area contributed by atoms with E-state index < -0.39 is 0 Å². The average molecular weight is 545 g/mol. The van der Waals surface area contributed by atoms with E-state index in [0.29, 0.717) is 6.32 Å². The van der Waals surface area contributed by atoms with E-state index in [4.69, 9.17) is 7.85 Å². The number of hydrogen-bond acceptors (Lipinski definition) is 1. The molecule has 0 bridgehead atoms. The maximum Gasteiger partial charge on any atom is 0.110 e. The second-order valence-corrected chi connectivity index (χ2v) is 9.81. The highest BCUT2D eigenvalue weighted by Gasteiger charge is 2.08. The molecule has 1 heterocycles. The van der Waals surface area contributed by atoms with Crippen LogP contribution in [0.25, 0.3) is 16.8 Å². The summed E-state index contributed by atoms with van der Waals surface area (Å²) < 4.78 is 1.10. The summed E-state index contributed by atoms with van der Waals surface area (Å²) in [4.78, 5) is 7.81. The molecule has 182 valence electrons. The van der Waals surface area contributed by atoms with Gasteiger partial charge in [-0.1, -0.05) is 119 Å². The molecule has 0 aliphatic carbocycles.